The highest BCUT2D eigenvalue weighted by molar-refractivity contribution is 4.95. The van der Waals surface area contributed by atoms with Crippen LogP contribution in [0.15, 0.2) is 6.20 Å². The van der Waals surface area contributed by atoms with Gasteiger partial charge >= 0.3 is 0 Å². The van der Waals surface area contributed by atoms with Gasteiger partial charge in [0.25, 0.3) is 0 Å². The van der Waals surface area contributed by atoms with Gasteiger partial charge in [-0.3, -0.25) is 0 Å². The molecule has 0 N–H and O–H groups in total. The quantitative estimate of drug-likeness (QED) is 0.145. The van der Waals surface area contributed by atoms with Gasteiger partial charge in [-0.05, 0) is 23.7 Å². The number of hydrogen-bond donors (Lipinski definition) is 0. The zero-order chi connectivity index (χ0) is 29.4. The van der Waals surface area contributed by atoms with Crippen molar-refractivity contribution in [3.8, 4) is 0 Å². The Morgan fingerprint density at radius 2 is 0.850 bits per heavy atom. The zero-order valence-electron chi connectivity index (χ0n) is 26.1. The van der Waals surface area contributed by atoms with Crippen molar-refractivity contribution < 1.29 is 37.9 Å². The van der Waals surface area contributed by atoms with E-state index in [-0.39, 0.29) is 5.41 Å². The molecule has 1 aromatic rings. The van der Waals surface area contributed by atoms with E-state index in [2.05, 4.69) is 51.9 Å². The normalized spacial score (nSPS) is 12.4. The highest BCUT2D eigenvalue weighted by atomic mass is 16.6. The van der Waals surface area contributed by atoms with Gasteiger partial charge in [0.2, 0.25) is 0 Å². The van der Waals surface area contributed by atoms with Crippen molar-refractivity contribution in [1.82, 2.24) is 15.0 Å². The van der Waals surface area contributed by atoms with E-state index >= 15 is 0 Å². The molecule has 0 atom stereocenters. The second kappa shape index (κ2) is 23.4. The van der Waals surface area contributed by atoms with Gasteiger partial charge in [0, 0.05) is 12.8 Å². The van der Waals surface area contributed by atoms with Gasteiger partial charge in [-0.25, -0.2) is 4.68 Å². The molecule has 236 valence electrons. The van der Waals surface area contributed by atoms with E-state index in [1.807, 2.05) is 10.9 Å². The van der Waals surface area contributed by atoms with Crippen molar-refractivity contribution in [2.45, 2.75) is 60.9 Å². The standard InChI is InChI=1S/C29H57N3O8/c1-28(2,3)7-9-33-11-13-35-15-17-37-19-21-39-23-24-40-22-20-38-18-16-36-14-12-34-10-8-32-26-27(30-31-32)25-29(4,5)6/h26H,7-25H2,1-6H3. The molecule has 0 aromatic carbocycles. The molecule has 0 spiro atoms. The maximum absolute atomic E-state index is 5.60. The molecule has 0 amide bonds. The second-order valence-electron chi connectivity index (χ2n) is 11.9. The molecule has 0 saturated carbocycles. The topological polar surface area (TPSA) is 105 Å². The summed E-state index contributed by atoms with van der Waals surface area (Å²) in [7, 11) is 0. The van der Waals surface area contributed by atoms with Crippen LogP contribution in [-0.2, 0) is 50.9 Å². The SMILES string of the molecule is CC(C)(C)CCOCCOCCOCCOCCOCCOCCOCCOCCn1cc(CC(C)(C)C)nn1. The van der Waals surface area contributed by atoms with E-state index in [1.54, 1.807) is 0 Å². The van der Waals surface area contributed by atoms with Crippen LogP contribution in [0, 0.1) is 10.8 Å². The molecule has 0 saturated heterocycles. The Kier molecular flexibility index (Phi) is 21.5. The highest BCUT2D eigenvalue weighted by Crippen LogP contribution is 2.19. The number of rotatable bonds is 27. The molecule has 11 nitrogen and oxygen atoms in total. The van der Waals surface area contributed by atoms with Crippen LogP contribution in [0.1, 0.15) is 53.7 Å². The maximum Gasteiger partial charge on any atom is 0.0832 e. The molecule has 0 aliphatic heterocycles. The first-order valence-corrected chi connectivity index (χ1v) is 14.7. The minimum absolute atomic E-state index is 0.204. The molecule has 0 aliphatic rings. The van der Waals surface area contributed by atoms with Crippen LogP contribution in [0.3, 0.4) is 0 Å². The smallest absolute Gasteiger partial charge is 0.0832 e. The predicted molar refractivity (Wildman–Crippen MR) is 154 cm³/mol. The van der Waals surface area contributed by atoms with E-state index < -0.39 is 0 Å². The third kappa shape index (κ3) is 25.8. The fourth-order valence-corrected chi connectivity index (χ4v) is 3.25. The zero-order valence-corrected chi connectivity index (χ0v) is 26.1. The summed E-state index contributed by atoms with van der Waals surface area (Å²) in [5, 5.41) is 8.36. The van der Waals surface area contributed by atoms with E-state index in [0.717, 1.165) is 25.1 Å². The largest absolute Gasteiger partial charge is 0.379 e. The number of nitrogens with zero attached hydrogens (tertiary/aromatic N) is 3. The summed E-state index contributed by atoms with van der Waals surface area (Å²) in [5.74, 6) is 0. The van der Waals surface area contributed by atoms with Gasteiger partial charge < -0.3 is 37.9 Å². The summed E-state index contributed by atoms with van der Waals surface area (Å²) < 4.78 is 45.9. The summed E-state index contributed by atoms with van der Waals surface area (Å²) >= 11 is 0. The summed E-state index contributed by atoms with van der Waals surface area (Å²) in [6.07, 6.45) is 3.95. The Morgan fingerprint density at radius 1 is 0.500 bits per heavy atom. The molecule has 40 heavy (non-hydrogen) atoms. The number of hydrogen-bond acceptors (Lipinski definition) is 10. The maximum atomic E-state index is 5.60. The third-order valence-corrected chi connectivity index (χ3v) is 5.36. The fourth-order valence-electron chi connectivity index (χ4n) is 3.25. The van der Waals surface area contributed by atoms with Gasteiger partial charge in [0.15, 0.2) is 0 Å². The van der Waals surface area contributed by atoms with Crippen molar-refractivity contribution in [2.24, 2.45) is 10.8 Å². The van der Waals surface area contributed by atoms with Crippen molar-refractivity contribution in [3.05, 3.63) is 11.9 Å². The van der Waals surface area contributed by atoms with Crippen LogP contribution in [-0.4, -0.2) is 121 Å². The van der Waals surface area contributed by atoms with Crippen LogP contribution < -0.4 is 0 Å². The Labute approximate surface area is 242 Å². The molecule has 0 fully saturated rings. The third-order valence-electron chi connectivity index (χ3n) is 5.36. The average molecular weight is 576 g/mol. The molecule has 0 bridgehead atoms. The van der Waals surface area contributed by atoms with Gasteiger partial charge in [0.05, 0.1) is 111 Å². The van der Waals surface area contributed by atoms with Crippen LogP contribution in [0.25, 0.3) is 0 Å². The van der Waals surface area contributed by atoms with E-state index in [1.165, 1.54) is 0 Å². The Balaban J connectivity index is 1.70. The number of ether oxygens (including phenoxy) is 8. The van der Waals surface area contributed by atoms with E-state index in [9.17, 15) is 0 Å². The molecular weight excluding hydrogens is 518 g/mol. The van der Waals surface area contributed by atoms with Crippen molar-refractivity contribution in [1.29, 1.82) is 0 Å². The molecule has 1 rings (SSSR count). The summed E-state index contributed by atoms with van der Waals surface area (Å²) in [4.78, 5) is 0. The van der Waals surface area contributed by atoms with Crippen LogP contribution in [0.5, 0.6) is 0 Å². The minimum atomic E-state index is 0.204. The fraction of sp³-hybridized carbons (Fsp3) is 0.931. The minimum Gasteiger partial charge on any atom is -0.379 e. The molecule has 0 unspecified atom stereocenters. The van der Waals surface area contributed by atoms with E-state index in [0.29, 0.717) is 111 Å². The lowest BCUT2D eigenvalue weighted by atomic mass is 9.91. The van der Waals surface area contributed by atoms with Crippen LogP contribution >= 0.6 is 0 Å². The van der Waals surface area contributed by atoms with Gasteiger partial charge in [0.1, 0.15) is 0 Å². The molecular formula is C29H57N3O8. The van der Waals surface area contributed by atoms with Gasteiger partial charge in [-0.15, -0.1) is 5.10 Å². The lowest BCUT2D eigenvalue weighted by molar-refractivity contribution is -0.0237. The molecule has 0 radical (unpaired) electrons. The summed E-state index contributed by atoms with van der Waals surface area (Å²) in [5.41, 5.74) is 1.52. The first-order valence-electron chi connectivity index (χ1n) is 14.7. The monoisotopic (exact) mass is 575 g/mol. The van der Waals surface area contributed by atoms with Crippen molar-refractivity contribution in [3.63, 3.8) is 0 Å². The van der Waals surface area contributed by atoms with Crippen LogP contribution in [0.4, 0.5) is 0 Å². The first kappa shape index (κ1) is 36.8. The van der Waals surface area contributed by atoms with E-state index in [4.69, 9.17) is 37.9 Å². The Hall–Kier alpha value is -1.18. The molecule has 0 aliphatic carbocycles. The van der Waals surface area contributed by atoms with Crippen molar-refractivity contribution in [2.75, 3.05) is 106 Å². The van der Waals surface area contributed by atoms with Gasteiger partial charge in [-0.1, -0.05) is 46.8 Å². The Morgan fingerprint density at radius 3 is 1.20 bits per heavy atom. The second-order valence-corrected chi connectivity index (χ2v) is 11.9. The summed E-state index contributed by atoms with van der Waals surface area (Å²) in [6.45, 7) is 22.9. The van der Waals surface area contributed by atoms with Crippen LogP contribution in [0.2, 0.25) is 0 Å². The highest BCUT2D eigenvalue weighted by Gasteiger charge is 2.13. The summed E-state index contributed by atoms with van der Waals surface area (Å²) in [6, 6.07) is 0. The predicted octanol–water partition coefficient (Wildman–Crippen LogP) is 3.44. The first-order chi connectivity index (χ1) is 19.2. The Bertz CT molecular complexity index is 692. The lowest BCUT2D eigenvalue weighted by Crippen LogP contribution is -2.15. The lowest BCUT2D eigenvalue weighted by Gasteiger charge is -2.17. The molecule has 1 heterocycles. The molecule has 11 heteroatoms. The number of aromatic nitrogens is 3. The molecule has 1 aromatic heterocycles. The van der Waals surface area contributed by atoms with Crippen molar-refractivity contribution >= 4 is 0 Å². The average Bonchev–Trinajstić information content (AvgIpc) is 3.30. The van der Waals surface area contributed by atoms with Gasteiger partial charge in [-0.2, -0.15) is 0 Å².